The molecule has 2 rings (SSSR count). The van der Waals surface area contributed by atoms with E-state index in [2.05, 4.69) is 52.3 Å². The second-order valence-corrected chi connectivity index (χ2v) is 9.49. The topological polar surface area (TPSA) is 65.5 Å². The van der Waals surface area contributed by atoms with Gasteiger partial charge in [-0.1, -0.05) is 32.0 Å². The molecule has 0 atom stereocenters. The zero-order chi connectivity index (χ0) is 20.8. The molecule has 1 aromatic heterocycles. The lowest BCUT2D eigenvalue weighted by Crippen LogP contribution is -2.43. The highest BCUT2D eigenvalue weighted by Crippen LogP contribution is 2.26. The Labute approximate surface area is 172 Å². The van der Waals surface area contributed by atoms with Crippen molar-refractivity contribution < 1.29 is 4.79 Å². The van der Waals surface area contributed by atoms with Crippen molar-refractivity contribution in [2.24, 2.45) is 4.99 Å². The predicted molar refractivity (Wildman–Crippen MR) is 119 cm³/mol. The molecule has 0 saturated heterocycles. The third-order valence-corrected chi connectivity index (χ3v) is 5.48. The van der Waals surface area contributed by atoms with Crippen molar-refractivity contribution >= 4 is 23.2 Å². The largest absolute Gasteiger partial charge is 0.356 e. The van der Waals surface area contributed by atoms with Crippen LogP contribution >= 0.6 is 11.3 Å². The van der Waals surface area contributed by atoms with Crippen LogP contribution in [0.4, 0.5) is 0 Å². The number of benzene rings is 1. The highest BCUT2D eigenvalue weighted by atomic mass is 32.1. The van der Waals surface area contributed by atoms with E-state index >= 15 is 0 Å². The monoisotopic (exact) mass is 400 g/mol. The van der Waals surface area contributed by atoms with E-state index in [9.17, 15) is 4.79 Å². The van der Waals surface area contributed by atoms with Crippen molar-refractivity contribution in [3.05, 3.63) is 57.8 Å². The summed E-state index contributed by atoms with van der Waals surface area (Å²) in [4.78, 5) is 18.0. The molecule has 3 N–H and O–H groups in total. The van der Waals surface area contributed by atoms with Crippen LogP contribution in [-0.4, -0.2) is 31.0 Å². The number of amides is 1. The zero-order valence-corrected chi connectivity index (χ0v) is 18.5. The quantitative estimate of drug-likeness (QED) is 0.509. The SMILES string of the molecule is CN=C(NCc1cccc(C(=O)NC(C)(C)C)c1)NCC(C)(C)c1cccs1. The van der Waals surface area contributed by atoms with Crippen LogP contribution in [-0.2, 0) is 12.0 Å². The maximum atomic E-state index is 12.4. The molecule has 5 nitrogen and oxygen atoms in total. The Morgan fingerprint density at radius 1 is 1.07 bits per heavy atom. The summed E-state index contributed by atoms with van der Waals surface area (Å²) in [7, 11) is 1.76. The van der Waals surface area contributed by atoms with Gasteiger partial charge in [-0.2, -0.15) is 0 Å². The molecule has 0 aliphatic heterocycles. The van der Waals surface area contributed by atoms with E-state index in [1.54, 1.807) is 18.4 Å². The van der Waals surface area contributed by atoms with E-state index in [1.165, 1.54) is 4.88 Å². The Morgan fingerprint density at radius 3 is 2.43 bits per heavy atom. The van der Waals surface area contributed by atoms with Crippen LogP contribution in [0.15, 0.2) is 46.8 Å². The van der Waals surface area contributed by atoms with E-state index < -0.39 is 0 Å². The summed E-state index contributed by atoms with van der Waals surface area (Å²) in [5.74, 6) is 0.684. The molecule has 0 aliphatic carbocycles. The van der Waals surface area contributed by atoms with Gasteiger partial charge in [-0.3, -0.25) is 9.79 Å². The fourth-order valence-corrected chi connectivity index (χ4v) is 3.55. The van der Waals surface area contributed by atoms with Crippen LogP contribution in [0.3, 0.4) is 0 Å². The van der Waals surface area contributed by atoms with Gasteiger partial charge in [-0.15, -0.1) is 11.3 Å². The van der Waals surface area contributed by atoms with Crippen molar-refractivity contribution in [2.75, 3.05) is 13.6 Å². The minimum atomic E-state index is -0.257. The van der Waals surface area contributed by atoms with E-state index in [0.717, 1.165) is 18.1 Å². The third-order valence-electron chi connectivity index (χ3n) is 4.25. The normalized spacial score (nSPS) is 12.6. The molecule has 1 amide bonds. The second-order valence-electron chi connectivity index (χ2n) is 8.55. The molecule has 0 radical (unpaired) electrons. The summed E-state index contributed by atoms with van der Waals surface area (Å²) in [6.45, 7) is 11.7. The maximum Gasteiger partial charge on any atom is 0.251 e. The Kier molecular flexibility index (Phi) is 7.24. The summed E-state index contributed by atoms with van der Waals surface area (Å²) >= 11 is 1.77. The molecular formula is C22H32N4OS. The fourth-order valence-electron chi connectivity index (χ4n) is 2.70. The number of rotatable bonds is 6. The number of nitrogens with zero attached hydrogens (tertiary/aromatic N) is 1. The molecule has 0 saturated carbocycles. The van der Waals surface area contributed by atoms with E-state index in [-0.39, 0.29) is 16.9 Å². The molecule has 0 bridgehead atoms. The lowest BCUT2D eigenvalue weighted by atomic mass is 9.91. The first-order chi connectivity index (χ1) is 13.1. The number of hydrogen-bond donors (Lipinski definition) is 3. The van der Waals surface area contributed by atoms with Gasteiger partial charge in [-0.25, -0.2) is 0 Å². The first-order valence-electron chi connectivity index (χ1n) is 9.51. The number of thiophene rings is 1. The smallest absolute Gasteiger partial charge is 0.251 e. The van der Waals surface area contributed by atoms with E-state index in [1.807, 2.05) is 45.0 Å². The van der Waals surface area contributed by atoms with Crippen LogP contribution in [0.5, 0.6) is 0 Å². The summed E-state index contributed by atoms with van der Waals surface area (Å²) in [5, 5.41) is 11.8. The lowest BCUT2D eigenvalue weighted by molar-refractivity contribution is 0.0919. The predicted octanol–water partition coefficient (Wildman–Crippen LogP) is 3.92. The number of guanidine groups is 1. The molecule has 6 heteroatoms. The molecule has 1 aromatic carbocycles. The van der Waals surface area contributed by atoms with Gasteiger partial charge in [0.25, 0.3) is 5.91 Å². The van der Waals surface area contributed by atoms with Crippen LogP contribution in [0.1, 0.15) is 55.4 Å². The Morgan fingerprint density at radius 2 is 1.82 bits per heavy atom. The number of hydrogen-bond acceptors (Lipinski definition) is 3. The molecule has 152 valence electrons. The lowest BCUT2D eigenvalue weighted by Gasteiger charge is -2.25. The fraction of sp³-hybridized carbons (Fsp3) is 0.455. The van der Waals surface area contributed by atoms with Gasteiger partial charge < -0.3 is 16.0 Å². The van der Waals surface area contributed by atoms with Crippen molar-refractivity contribution in [1.82, 2.24) is 16.0 Å². The molecule has 0 unspecified atom stereocenters. The number of nitrogens with one attached hydrogen (secondary N) is 3. The number of carbonyl (C=O) groups excluding carboxylic acids is 1. The molecule has 0 spiro atoms. The average Bonchev–Trinajstić information content (AvgIpc) is 3.16. The second kappa shape index (κ2) is 9.24. The first-order valence-corrected chi connectivity index (χ1v) is 10.4. The van der Waals surface area contributed by atoms with Crippen LogP contribution in [0.25, 0.3) is 0 Å². The van der Waals surface area contributed by atoms with E-state index in [0.29, 0.717) is 12.1 Å². The molecule has 1 heterocycles. The standard InChI is InChI=1S/C22H32N4OS/c1-21(2,3)26-19(27)17-10-7-9-16(13-17)14-24-20(23-6)25-15-22(4,5)18-11-8-12-28-18/h7-13H,14-15H2,1-6H3,(H,26,27)(H2,23,24,25). The molecule has 28 heavy (non-hydrogen) atoms. The van der Waals surface area contributed by atoms with Gasteiger partial charge in [0.15, 0.2) is 5.96 Å². The Bertz CT molecular complexity index is 804. The maximum absolute atomic E-state index is 12.4. The minimum absolute atomic E-state index is 0.0246. The van der Waals surface area contributed by atoms with Gasteiger partial charge in [-0.05, 0) is 49.9 Å². The highest BCUT2D eigenvalue weighted by Gasteiger charge is 2.22. The number of carbonyl (C=O) groups is 1. The third kappa shape index (κ3) is 6.68. The van der Waals surface area contributed by atoms with Crippen molar-refractivity contribution in [1.29, 1.82) is 0 Å². The van der Waals surface area contributed by atoms with Crippen LogP contribution < -0.4 is 16.0 Å². The van der Waals surface area contributed by atoms with Gasteiger partial charge in [0, 0.05) is 41.5 Å². The van der Waals surface area contributed by atoms with Crippen molar-refractivity contribution in [2.45, 2.75) is 52.1 Å². The van der Waals surface area contributed by atoms with Gasteiger partial charge in [0.1, 0.15) is 0 Å². The molecule has 0 fully saturated rings. The van der Waals surface area contributed by atoms with Gasteiger partial charge in [0.2, 0.25) is 0 Å². The summed E-state index contributed by atoms with van der Waals surface area (Å²) in [6, 6.07) is 11.9. The summed E-state index contributed by atoms with van der Waals surface area (Å²) in [6.07, 6.45) is 0. The minimum Gasteiger partial charge on any atom is -0.356 e. The van der Waals surface area contributed by atoms with Crippen LogP contribution in [0, 0.1) is 0 Å². The Hall–Kier alpha value is -2.34. The van der Waals surface area contributed by atoms with Crippen molar-refractivity contribution in [3.63, 3.8) is 0 Å². The summed E-state index contributed by atoms with van der Waals surface area (Å²) in [5.41, 5.74) is 1.46. The molecule has 2 aromatic rings. The Balaban J connectivity index is 1.93. The number of aliphatic imine (C=N–C) groups is 1. The average molecular weight is 401 g/mol. The molecular weight excluding hydrogens is 368 g/mol. The highest BCUT2D eigenvalue weighted by molar-refractivity contribution is 7.10. The first kappa shape index (κ1) is 22.0. The molecule has 0 aliphatic rings. The van der Waals surface area contributed by atoms with Gasteiger partial charge in [0.05, 0.1) is 0 Å². The van der Waals surface area contributed by atoms with E-state index in [4.69, 9.17) is 0 Å². The van der Waals surface area contributed by atoms with Crippen LogP contribution in [0.2, 0.25) is 0 Å². The van der Waals surface area contributed by atoms with Crippen molar-refractivity contribution in [3.8, 4) is 0 Å². The van der Waals surface area contributed by atoms with Gasteiger partial charge >= 0.3 is 0 Å². The summed E-state index contributed by atoms with van der Waals surface area (Å²) < 4.78 is 0. The zero-order valence-electron chi connectivity index (χ0n) is 17.7.